The first-order valence-corrected chi connectivity index (χ1v) is 10.0. The molecule has 0 amide bonds. The van der Waals surface area contributed by atoms with Gasteiger partial charge in [0.15, 0.2) is 5.78 Å². The molecule has 0 aliphatic rings. The zero-order chi connectivity index (χ0) is 20.5. The monoisotopic (exact) mass is 411 g/mol. The second-order valence-electron chi connectivity index (χ2n) is 7.15. The van der Waals surface area contributed by atoms with Crippen molar-refractivity contribution in [2.75, 3.05) is 5.32 Å². The third-order valence-electron chi connectivity index (χ3n) is 5.21. The zero-order valence-corrected chi connectivity index (χ0v) is 16.8. The molecule has 0 spiro atoms. The Bertz CT molecular complexity index is 1390. The number of nitrogens with one attached hydrogen (secondary N) is 2. The Hall–Kier alpha value is -3.63. The Morgan fingerprint density at radius 1 is 0.967 bits per heavy atom. The molecule has 4 nitrogen and oxygen atoms in total. The molecule has 146 valence electrons. The van der Waals surface area contributed by atoms with Crippen LogP contribution in [0, 0.1) is 0 Å². The minimum Gasteiger partial charge on any atom is -0.380 e. The van der Waals surface area contributed by atoms with Gasteiger partial charge in [-0.05, 0) is 54.1 Å². The van der Waals surface area contributed by atoms with Gasteiger partial charge in [0.2, 0.25) is 0 Å². The van der Waals surface area contributed by atoms with Crippen molar-refractivity contribution in [3.63, 3.8) is 0 Å². The topological polar surface area (TPSA) is 57.8 Å². The lowest BCUT2D eigenvalue weighted by Gasteiger charge is -2.12. The van der Waals surface area contributed by atoms with Gasteiger partial charge in [-0.2, -0.15) is 0 Å². The molecule has 0 unspecified atom stereocenters. The number of H-pyrrole nitrogens is 1. The van der Waals surface area contributed by atoms with Crippen molar-refractivity contribution in [3.8, 4) is 0 Å². The van der Waals surface area contributed by atoms with Crippen LogP contribution in [0.3, 0.4) is 0 Å². The molecule has 5 aromatic rings. The number of hydrogen-bond acceptors (Lipinski definition) is 3. The Balaban J connectivity index is 1.44. The second kappa shape index (κ2) is 7.65. The molecule has 5 rings (SSSR count). The SMILES string of the molecule is O=C(c1ccccc1NCc1ccc2ncccc2c1)c1c[nH]c2ccc(Cl)cc12. The van der Waals surface area contributed by atoms with Crippen molar-refractivity contribution in [2.45, 2.75) is 6.54 Å². The molecule has 0 aliphatic carbocycles. The number of carbonyl (C=O) groups excluding carboxylic acids is 1. The largest absolute Gasteiger partial charge is 0.380 e. The summed E-state index contributed by atoms with van der Waals surface area (Å²) in [6.07, 6.45) is 3.54. The van der Waals surface area contributed by atoms with Crippen LogP contribution in [-0.4, -0.2) is 15.8 Å². The molecule has 0 radical (unpaired) electrons. The summed E-state index contributed by atoms with van der Waals surface area (Å²) in [7, 11) is 0. The predicted octanol–water partition coefficient (Wildman–Crippen LogP) is 6.21. The minimum absolute atomic E-state index is 0.0469. The van der Waals surface area contributed by atoms with Crippen molar-refractivity contribution in [2.24, 2.45) is 0 Å². The van der Waals surface area contributed by atoms with Crippen LogP contribution >= 0.6 is 11.6 Å². The third-order valence-corrected chi connectivity index (χ3v) is 5.45. The van der Waals surface area contributed by atoms with Crippen LogP contribution in [0.2, 0.25) is 5.02 Å². The molecular weight excluding hydrogens is 394 g/mol. The highest BCUT2D eigenvalue weighted by Crippen LogP contribution is 2.27. The Kier molecular flexibility index (Phi) is 4.69. The van der Waals surface area contributed by atoms with Crippen LogP contribution in [0.4, 0.5) is 5.69 Å². The van der Waals surface area contributed by atoms with Crippen molar-refractivity contribution in [1.82, 2.24) is 9.97 Å². The molecule has 0 fully saturated rings. The van der Waals surface area contributed by atoms with Gasteiger partial charge in [-0.3, -0.25) is 9.78 Å². The smallest absolute Gasteiger partial charge is 0.197 e. The average molecular weight is 412 g/mol. The number of benzene rings is 3. The fourth-order valence-corrected chi connectivity index (χ4v) is 3.87. The number of fused-ring (bicyclic) bond motifs is 2. The molecule has 0 aliphatic heterocycles. The van der Waals surface area contributed by atoms with E-state index in [4.69, 9.17) is 11.6 Å². The Morgan fingerprint density at radius 2 is 1.87 bits per heavy atom. The van der Waals surface area contributed by atoms with Gasteiger partial charge in [0.05, 0.1) is 5.52 Å². The molecule has 0 bridgehead atoms. The number of anilines is 1. The molecule has 2 N–H and O–H groups in total. The quantitative estimate of drug-likeness (QED) is 0.338. The van der Waals surface area contributed by atoms with E-state index >= 15 is 0 Å². The normalized spacial score (nSPS) is 11.1. The maximum absolute atomic E-state index is 13.3. The van der Waals surface area contributed by atoms with Crippen molar-refractivity contribution in [1.29, 1.82) is 0 Å². The minimum atomic E-state index is -0.0469. The van der Waals surface area contributed by atoms with Crippen LogP contribution in [-0.2, 0) is 6.54 Å². The highest BCUT2D eigenvalue weighted by molar-refractivity contribution is 6.31. The average Bonchev–Trinajstić information content (AvgIpc) is 3.20. The van der Waals surface area contributed by atoms with E-state index in [1.54, 1.807) is 12.4 Å². The first-order valence-electron chi connectivity index (χ1n) is 9.67. The highest BCUT2D eigenvalue weighted by Gasteiger charge is 2.17. The summed E-state index contributed by atoms with van der Waals surface area (Å²) in [6, 6.07) is 23.2. The number of para-hydroxylation sites is 1. The lowest BCUT2D eigenvalue weighted by Crippen LogP contribution is -2.07. The van der Waals surface area contributed by atoms with E-state index in [2.05, 4.69) is 27.4 Å². The predicted molar refractivity (Wildman–Crippen MR) is 122 cm³/mol. The zero-order valence-electron chi connectivity index (χ0n) is 16.0. The van der Waals surface area contributed by atoms with Gasteiger partial charge in [-0.15, -0.1) is 0 Å². The number of aromatic nitrogens is 2. The van der Waals surface area contributed by atoms with E-state index in [0.717, 1.165) is 33.1 Å². The summed E-state index contributed by atoms with van der Waals surface area (Å²) in [4.78, 5) is 20.8. The molecule has 5 heteroatoms. The lowest BCUT2D eigenvalue weighted by molar-refractivity contribution is 0.104. The lowest BCUT2D eigenvalue weighted by atomic mass is 10.0. The first kappa shape index (κ1) is 18.4. The summed E-state index contributed by atoms with van der Waals surface area (Å²) in [5.74, 6) is -0.0469. The molecule has 0 saturated carbocycles. The van der Waals surface area contributed by atoms with Crippen LogP contribution < -0.4 is 5.32 Å². The summed E-state index contributed by atoms with van der Waals surface area (Å²) >= 11 is 6.15. The first-order chi connectivity index (χ1) is 14.7. The standard InChI is InChI=1S/C25H18ClN3O/c26-18-8-10-24-20(13-18)21(15-29-24)25(30)19-5-1-2-6-23(19)28-14-16-7-9-22-17(12-16)4-3-11-27-22/h1-13,15,28-29H,14H2. The number of halogens is 1. The maximum atomic E-state index is 13.3. The van der Waals surface area contributed by atoms with Crippen molar-refractivity contribution >= 4 is 44.9 Å². The maximum Gasteiger partial charge on any atom is 0.197 e. The van der Waals surface area contributed by atoms with Gasteiger partial charge in [-0.1, -0.05) is 35.9 Å². The number of ketones is 1. The van der Waals surface area contributed by atoms with Crippen molar-refractivity contribution in [3.05, 3.63) is 107 Å². The molecule has 0 atom stereocenters. The van der Waals surface area contributed by atoms with Gasteiger partial charge in [0.1, 0.15) is 0 Å². The number of hydrogen-bond donors (Lipinski definition) is 2. The van der Waals surface area contributed by atoms with E-state index in [9.17, 15) is 4.79 Å². The fourth-order valence-electron chi connectivity index (χ4n) is 3.69. The summed E-state index contributed by atoms with van der Waals surface area (Å²) < 4.78 is 0. The van der Waals surface area contributed by atoms with Crippen molar-refractivity contribution < 1.29 is 4.79 Å². The second-order valence-corrected chi connectivity index (χ2v) is 7.59. The Labute approximate surface area is 178 Å². The van der Waals surface area contributed by atoms with Gasteiger partial charge in [0.25, 0.3) is 0 Å². The molecule has 2 aromatic heterocycles. The summed E-state index contributed by atoms with van der Waals surface area (Å²) in [5, 5.41) is 5.94. The Morgan fingerprint density at radius 3 is 2.80 bits per heavy atom. The third kappa shape index (κ3) is 3.42. The van der Waals surface area contributed by atoms with Crippen LogP contribution in [0.1, 0.15) is 21.5 Å². The van der Waals surface area contributed by atoms with Crippen LogP contribution in [0.5, 0.6) is 0 Å². The van der Waals surface area contributed by atoms with E-state index < -0.39 is 0 Å². The summed E-state index contributed by atoms with van der Waals surface area (Å²) in [5.41, 5.74) is 5.01. The van der Waals surface area contributed by atoms with Crippen LogP contribution in [0.15, 0.2) is 85.2 Å². The van der Waals surface area contributed by atoms with Crippen LogP contribution in [0.25, 0.3) is 21.8 Å². The molecule has 0 saturated heterocycles. The summed E-state index contributed by atoms with van der Waals surface area (Å²) in [6.45, 7) is 0.606. The number of carbonyl (C=O) groups is 1. The van der Waals surface area contributed by atoms with Gasteiger partial charge < -0.3 is 10.3 Å². The number of pyridine rings is 1. The van der Waals surface area contributed by atoms with E-state index in [0.29, 0.717) is 22.7 Å². The molecular formula is C25H18ClN3O. The molecule has 2 heterocycles. The van der Waals surface area contributed by atoms with E-state index in [-0.39, 0.29) is 5.78 Å². The number of aromatic amines is 1. The van der Waals surface area contributed by atoms with Gasteiger partial charge >= 0.3 is 0 Å². The van der Waals surface area contributed by atoms with E-state index in [1.807, 2.05) is 60.7 Å². The molecule has 30 heavy (non-hydrogen) atoms. The fraction of sp³-hybridized carbons (Fsp3) is 0.0400. The van der Waals surface area contributed by atoms with E-state index in [1.165, 1.54) is 0 Å². The van der Waals surface area contributed by atoms with Gasteiger partial charge in [0, 0.05) is 57.1 Å². The highest BCUT2D eigenvalue weighted by atomic mass is 35.5. The molecule has 3 aromatic carbocycles. The number of nitrogens with zero attached hydrogens (tertiary/aromatic N) is 1. The number of rotatable bonds is 5. The van der Waals surface area contributed by atoms with Gasteiger partial charge in [-0.25, -0.2) is 0 Å².